The number of hydrogen-bond acceptors (Lipinski definition) is 5. The molecule has 2 N–H and O–H groups in total. The van der Waals surface area contributed by atoms with E-state index < -0.39 is 11.4 Å². The van der Waals surface area contributed by atoms with E-state index in [9.17, 15) is 19.5 Å². The average Bonchev–Trinajstić information content (AvgIpc) is 2.47. The maximum absolute atomic E-state index is 12.8. The van der Waals surface area contributed by atoms with E-state index in [-0.39, 0.29) is 22.7 Å². The molecular formula is C15H15FN2O4. The van der Waals surface area contributed by atoms with Crippen LogP contribution >= 0.6 is 0 Å². The Bertz CT molecular complexity index is 766. The van der Waals surface area contributed by atoms with Gasteiger partial charge in [0.05, 0.1) is 11.3 Å². The van der Waals surface area contributed by atoms with Gasteiger partial charge in [-0.15, -0.1) is 4.73 Å². The Labute approximate surface area is 125 Å². The molecule has 6 nitrogen and oxygen atoms in total. The van der Waals surface area contributed by atoms with E-state index in [0.29, 0.717) is 11.3 Å². The summed E-state index contributed by atoms with van der Waals surface area (Å²) in [6, 6.07) is 6.93. The van der Waals surface area contributed by atoms with E-state index in [1.54, 1.807) is 26.0 Å². The van der Waals surface area contributed by atoms with Crippen LogP contribution in [0, 0.1) is 12.7 Å². The van der Waals surface area contributed by atoms with Crippen molar-refractivity contribution in [3.05, 3.63) is 63.2 Å². The summed E-state index contributed by atoms with van der Waals surface area (Å²) < 4.78 is 12.9. The van der Waals surface area contributed by atoms with Crippen LogP contribution in [0.15, 0.2) is 40.3 Å². The third-order valence-electron chi connectivity index (χ3n) is 3.08. The summed E-state index contributed by atoms with van der Waals surface area (Å²) in [6.07, 6.45) is 0. The molecule has 7 heteroatoms. The first-order valence-corrected chi connectivity index (χ1v) is 6.46. The van der Waals surface area contributed by atoms with Gasteiger partial charge < -0.3 is 15.2 Å². The number of aromatic hydroxyl groups is 1. The molecule has 0 unspecified atom stereocenters. The summed E-state index contributed by atoms with van der Waals surface area (Å²) in [6.45, 7) is 3.29. The van der Waals surface area contributed by atoms with Gasteiger partial charge in [0.2, 0.25) is 5.88 Å². The monoisotopic (exact) mass is 306 g/mol. The van der Waals surface area contributed by atoms with Crippen LogP contribution in [0.5, 0.6) is 5.88 Å². The fourth-order valence-corrected chi connectivity index (χ4v) is 1.98. The number of hydrogen-bond donors (Lipinski definition) is 2. The molecule has 0 atom stereocenters. The van der Waals surface area contributed by atoms with Crippen LogP contribution in [-0.4, -0.2) is 20.8 Å². The van der Waals surface area contributed by atoms with Crippen molar-refractivity contribution in [1.82, 2.24) is 4.73 Å². The molecule has 22 heavy (non-hydrogen) atoms. The van der Waals surface area contributed by atoms with Gasteiger partial charge in [-0.3, -0.25) is 4.79 Å². The summed E-state index contributed by atoms with van der Waals surface area (Å²) in [5.41, 5.74) is 0.949. The largest absolute Gasteiger partial charge is 0.492 e. The molecule has 0 fully saturated rings. The van der Waals surface area contributed by atoms with Crippen LogP contribution in [-0.2, 0) is 11.4 Å². The minimum atomic E-state index is -0.737. The number of halogens is 1. The third-order valence-corrected chi connectivity index (χ3v) is 3.08. The molecule has 0 aliphatic rings. The van der Waals surface area contributed by atoms with Gasteiger partial charge in [0, 0.05) is 6.07 Å². The van der Waals surface area contributed by atoms with Gasteiger partial charge >= 0.3 is 0 Å². The average molecular weight is 306 g/mol. The van der Waals surface area contributed by atoms with E-state index in [0.717, 1.165) is 5.56 Å². The van der Waals surface area contributed by atoms with Crippen LogP contribution in [0.3, 0.4) is 0 Å². The highest BCUT2D eigenvalue weighted by Gasteiger charge is 2.15. The summed E-state index contributed by atoms with van der Waals surface area (Å²) in [4.78, 5) is 16.5. The third kappa shape index (κ3) is 3.25. The lowest BCUT2D eigenvalue weighted by molar-refractivity contribution is 0.129. The zero-order valence-electron chi connectivity index (χ0n) is 12.1. The predicted octanol–water partition coefficient (Wildman–Crippen LogP) is 2.18. The molecule has 1 heterocycles. The van der Waals surface area contributed by atoms with Crippen LogP contribution in [0.25, 0.3) is 0 Å². The molecule has 0 spiro atoms. The first kappa shape index (κ1) is 15.6. The standard InChI is InChI=1S/C15H15FN2O4/c1-9-7-13(19)18(21)15(20)14(9)10(2)17-22-8-11-3-5-12(16)6-4-11/h3-7,20-21H,8H2,1-2H3. The zero-order chi connectivity index (χ0) is 16.3. The predicted molar refractivity (Wildman–Crippen MR) is 77.7 cm³/mol. The molecule has 1 aromatic carbocycles. The fourth-order valence-electron chi connectivity index (χ4n) is 1.98. The lowest BCUT2D eigenvalue weighted by atomic mass is 10.1. The number of aromatic nitrogens is 1. The van der Waals surface area contributed by atoms with Gasteiger partial charge in [-0.1, -0.05) is 17.3 Å². The molecule has 0 radical (unpaired) electrons. The summed E-state index contributed by atoms with van der Waals surface area (Å²) >= 11 is 0. The number of nitrogens with zero attached hydrogens (tertiary/aromatic N) is 2. The molecule has 0 aliphatic carbocycles. The van der Waals surface area contributed by atoms with Gasteiger partial charge in [0.1, 0.15) is 12.4 Å². The Morgan fingerprint density at radius 1 is 1.36 bits per heavy atom. The molecule has 0 bridgehead atoms. The SMILES string of the molecule is CC(=NOCc1ccc(F)cc1)c1c(C)cc(=O)n(O)c1O. The Morgan fingerprint density at radius 3 is 2.64 bits per heavy atom. The van der Waals surface area contributed by atoms with Gasteiger partial charge in [-0.2, -0.15) is 0 Å². The Kier molecular flexibility index (Phi) is 4.45. The lowest BCUT2D eigenvalue weighted by Gasteiger charge is -2.09. The number of rotatable bonds is 4. The molecule has 0 aliphatic heterocycles. The zero-order valence-corrected chi connectivity index (χ0v) is 12.1. The van der Waals surface area contributed by atoms with Crippen molar-refractivity contribution in [3.63, 3.8) is 0 Å². The smallest absolute Gasteiger partial charge is 0.286 e. The second kappa shape index (κ2) is 6.30. The van der Waals surface area contributed by atoms with E-state index >= 15 is 0 Å². The van der Waals surface area contributed by atoms with Gasteiger partial charge in [-0.25, -0.2) is 4.39 Å². The van der Waals surface area contributed by atoms with Crippen molar-refractivity contribution in [1.29, 1.82) is 0 Å². The Morgan fingerprint density at radius 2 is 2.00 bits per heavy atom. The molecular weight excluding hydrogens is 291 g/mol. The Hall–Kier alpha value is -2.83. The number of aryl methyl sites for hydroxylation is 1. The summed E-state index contributed by atoms with van der Waals surface area (Å²) in [5, 5.41) is 23.1. The van der Waals surface area contributed by atoms with Crippen molar-refractivity contribution in [2.45, 2.75) is 20.5 Å². The first-order valence-electron chi connectivity index (χ1n) is 6.46. The van der Waals surface area contributed by atoms with E-state index in [2.05, 4.69) is 5.16 Å². The summed E-state index contributed by atoms with van der Waals surface area (Å²) in [7, 11) is 0. The topological polar surface area (TPSA) is 84.0 Å². The maximum Gasteiger partial charge on any atom is 0.286 e. The minimum Gasteiger partial charge on any atom is -0.492 e. The normalized spacial score (nSPS) is 11.5. The maximum atomic E-state index is 12.8. The van der Waals surface area contributed by atoms with Crippen LogP contribution in [0.2, 0.25) is 0 Å². The molecule has 1 aromatic heterocycles. The molecule has 0 saturated heterocycles. The van der Waals surface area contributed by atoms with Crippen molar-refractivity contribution in [2.24, 2.45) is 5.16 Å². The van der Waals surface area contributed by atoms with Gasteiger partial charge in [0.25, 0.3) is 5.56 Å². The Balaban J connectivity index is 2.18. The second-order valence-corrected chi connectivity index (χ2v) is 4.75. The van der Waals surface area contributed by atoms with Crippen molar-refractivity contribution in [2.75, 3.05) is 0 Å². The number of benzene rings is 1. The highest BCUT2D eigenvalue weighted by Crippen LogP contribution is 2.19. The van der Waals surface area contributed by atoms with Gasteiger partial charge in [0.15, 0.2) is 0 Å². The van der Waals surface area contributed by atoms with Crippen LogP contribution in [0.1, 0.15) is 23.6 Å². The first-order chi connectivity index (χ1) is 10.4. The quantitative estimate of drug-likeness (QED) is 0.515. The highest BCUT2D eigenvalue weighted by molar-refractivity contribution is 6.01. The van der Waals surface area contributed by atoms with Crippen molar-refractivity contribution in [3.8, 4) is 5.88 Å². The van der Waals surface area contributed by atoms with Crippen LogP contribution in [0.4, 0.5) is 4.39 Å². The van der Waals surface area contributed by atoms with E-state index in [4.69, 9.17) is 4.84 Å². The molecule has 116 valence electrons. The second-order valence-electron chi connectivity index (χ2n) is 4.75. The van der Waals surface area contributed by atoms with Gasteiger partial charge in [-0.05, 0) is 37.1 Å². The molecule has 2 aromatic rings. The highest BCUT2D eigenvalue weighted by atomic mass is 19.1. The summed E-state index contributed by atoms with van der Waals surface area (Å²) in [5.74, 6) is -0.939. The molecule has 0 amide bonds. The number of oxime groups is 1. The molecule has 2 rings (SSSR count). The van der Waals surface area contributed by atoms with E-state index in [1.165, 1.54) is 18.2 Å². The van der Waals surface area contributed by atoms with Crippen molar-refractivity contribution >= 4 is 5.71 Å². The fraction of sp³-hybridized carbons (Fsp3) is 0.200. The minimum absolute atomic E-state index is 0.121. The van der Waals surface area contributed by atoms with E-state index in [1.807, 2.05) is 0 Å². The van der Waals surface area contributed by atoms with Crippen molar-refractivity contribution < 1.29 is 19.5 Å². The van der Waals surface area contributed by atoms with Crippen LogP contribution < -0.4 is 5.56 Å². The lowest BCUT2D eigenvalue weighted by Crippen LogP contribution is -2.20. The molecule has 0 saturated carbocycles. The number of pyridine rings is 1.